The van der Waals surface area contributed by atoms with Gasteiger partial charge in [-0.15, -0.1) is 0 Å². The van der Waals surface area contributed by atoms with E-state index in [4.69, 9.17) is 0 Å². The molecule has 1 N–H and O–H groups in total. The second-order valence-corrected chi connectivity index (χ2v) is 6.82. The number of benzene rings is 1. The molecule has 0 atom stereocenters. The van der Waals surface area contributed by atoms with Crippen molar-refractivity contribution in [3.63, 3.8) is 0 Å². The molecule has 22 heavy (non-hydrogen) atoms. The van der Waals surface area contributed by atoms with E-state index in [0.717, 1.165) is 39.8 Å². The molecule has 0 bridgehead atoms. The van der Waals surface area contributed by atoms with Gasteiger partial charge < -0.3 is 5.32 Å². The van der Waals surface area contributed by atoms with Gasteiger partial charge in [0.25, 0.3) is 0 Å². The highest BCUT2D eigenvalue weighted by Crippen LogP contribution is 2.34. The largest absolute Gasteiger partial charge is 0.312 e. The van der Waals surface area contributed by atoms with Gasteiger partial charge in [0.1, 0.15) is 10.4 Å². The number of aryl methyl sites for hydroxylation is 1. The van der Waals surface area contributed by atoms with E-state index in [-0.39, 0.29) is 18.1 Å². The Morgan fingerprint density at radius 1 is 1.32 bits per heavy atom. The monoisotopic (exact) mass is 428 g/mol. The van der Waals surface area contributed by atoms with E-state index in [2.05, 4.69) is 37.2 Å². The maximum absolute atomic E-state index is 13.7. The number of halogens is 3. The lowest BCUT2D eigenvalue weighted by molar-refractivity contribution is 0.0896. The Kier molecular flexibility index (Phi) is 4.80. The summed E-state index contributed by atoms with van der Waals surface area (Å²) in [6.45, 7) is 1.61. The molecular weight excluding hydrogens is 415 g/mol. The number of carbonyl (C=O) groups excluding carboxylic acids is 1. The molecule has 1 aliphatic heterocycles. The second kappa shape index (κ2) is 6.64. The Balaban J connectivity index is 1.83. The van der Waals surface area contributed by atoms with E-state index in [1.54, 1.807) is 22.8 Å². The Morgan fingerprint density at radius 2 is 2.09 bits per heavy atom. The molecule has 0 radical (unpaired) electrons. The fourth-order valence-electron chi connectivity index (χ4n) is 2.78. The molecule has 0 spiro atoms. The molecule has 2 heterocycles. The fraction of sp³-hybridized carbons (Fsp3) is 0.312. The van der Waals surface area contributed by atoms with Crippen molar-refractivity contribution in [3.05, 3.63) is 56.0 Å². The molecule has 3 rings (SSSR count). The number of nitrogens with zero attached hydrogens (tertiary/aromatic N) is 1. The normalized spacial score (nSPS) is 14.0. The van der Waals surface area contributed by atoms with Crippen molar-refractivity contribution < 1.29 is 9.18 Å². The smallest absolute Gasteiger partial charge is 0.232 e. The van der Waals surface area contributed by atoms with Crippen LogP contribution in [-0.4, -0.2) is 17.0 Å². The molecule has 0 fully saturated rings. The average Bonchev–Trinajstić information content (AvgIpc) is 2.78. The summed E-state index contributed by atoms with van der Waals surface area (Å²) >= 11 is 7.04. The average molecular weight is 430 g/mol. The predicted octanol–water partition coefficient (Wildman–Crippen LogP) is 4.07. The lowest BCUT2D eigenvalue weighted by Gasteiger charge is -2.16. The second-order valence-electron chi connectivity index (χ2n) is 5.28. The van der Waals surface area contributed by atoms with Crippen LogP contribution in [0.1, 0.15) is 28.0 Å². The van der Waals surface area contributed by atoms with Crippen LogP contribution in [0.5, 0.6) is 0 Å². The SMILES string of the molecule is O=C(CCc1ccccc1F)n1c(Br)c(Br)c2c1CCNC2. The number of hydrogen-bond acceptors (Lipinski definition) is 2. The number of aromatic nitrogens is 1. The maximum atomic E-state index is 13.7. The van der Waals surface area contributed by atoms with Crippen LogP contribution in [0.4, 0.5) is 4.39 Å². The zero-order chi connectivity index (χ0) is 15.7. The third kappa shape index (κ3) is 2.92. The minimum atomic E-state index is -0.255. The number of carbonyl (C=O) groups is 1. The Hall–Kier alpha value is -0.980. The zero-order valence-corrected chi connectivity index (χ0v) is 15.0. The van der Waals surface area contributed by atoms with Crippen LogP contribution in [0.3, 0.4) is 0 Å². The van der Waals surface area contributed by atoms with Gasteiger partial charge in [-0.25, -0.2) is 4.39 Å². The quantitative estimate of drug-likeness (QED) is 0.797. The maximum Gasteiger partial charge on any atom is 0.232 e. The van der Waals surface area contributed by atoms with Crippen molar-refractivity contribution >= 4 is 37.8 Å². The van der Waals surface area contributed by atoms with Crippen LogP contribution in [0, 0.1) is 5.82 Å². The lowest BCUT2D eigenvalue weighted by Crippen LogP contribution is -2.26. The highest BCUT2D eigenvalue weighted by Gasteiger charge is 2.25. The number of rotatable bonds is 3. The van der Waals surface area contributed by atoms with Gasteiger partial charge in [-0.1, -0.05) is 18.2 Å². The van der Waals surface area contributed by atoms with E-state index in [0.29, 0.717) is 12.0 Å². The Bertz CT molecular complexity index is 727. The molecule has 6 heteroatoms. The minimum Gasteiger partial charge on any atom is -0.312 e. The van der Waals surface area contributed by atoms with Crippen molar-refractivity contribution in [2.24, 2.45) is 0 Å². The van der Waals surface area contributed by atoms with Crippen molar-refractivity contribution in [3.8, 4) is 0 Å². The first kappa shape index (κ1) is 15.9. The zero-order valence-electron chi connectivity index (χ0n) is 11.8. The van der Waals surface area contributed by atoms with Gasteiger partial charge >= 0.3 is 0 Å². The van der Waals surface area contributed by atoms with Crippen LogP contribution in [-0.2, 0) is 19.4 Å². The first-order chi connectivity index (χ1) is 10.6. The lowest BCUT2D eigenvalue weighted by atomic mass is 10.1. The summed E-state index contributed by atoms with van der Waals surface area (Å²) in [4.78, 5) is 12.6. The third-order valence-corrected chi connectivity index (χ3v) is 6.05. The molecule has 0 amide bonds. The van der Waals surface area contributed by atoms with E-state index >= 15 is 0 Å². The number of fused-ring (bicyclic) bond motifs is 1. The highest BCUT2D eigenvalue weighted by molar-refractivity contribution is 9.13. The van der Waals surface area contributed by atoms with E-state index in [1.165, 1.54) is 6.07 Å². The van der Waals surface area contributed by atoms with Gasteiger partial charge in [-0.05, 0) is 49.9 Å². The van der Waals surface area contributed by atoms with Crippen LogP contribution < -0.4 is 5.32 Å². The summed E-state index contributed by atoms with van der Waals surface area (Å²) < 4.78 is 17.1. The first-order valence-corrected chi connectivity index (χ1v) is 8.73. The topological polar surface area (TPSA) is 34.0 Å². The summed E-state index contributed by atoms with van der Waals surface area (Å²) in [6.07, 6.45) is 1.49. The standard InChI is InChI=1S/C16H15Br2FN2O/c17-15-11-9-20-8-7-13(11)21(16(15)18)14(22)6-5-10-3-1-2-4-12(10)19/h1-4,20H,5-9H2. The molecule has 0 saturated heterocycles. The van der Waals surface area contributed by atoms with Crippen molar-refractivity contribution in [1.29, 1.82) is 0 Å². The van der Waals surface area contributed by atoms with Crippen LogP contribution in [0.15, 0.2) is 33.3 Å². The summed E-state index contributed by atoms with van der Waals surface area (Å²) in [5.74, 6) is -0.270. The molecule has 0 saturated carbocycles. The van der Waals surface area contributed by atoms with Gasteiger partial charge in [0.05, 0.1) is 4.47 Å². The summed E-state index contributed by atoms with van der Waals surface area (Å²) in [5.41, 5.74) is 2.74. The van der Waals surface area contributed by atoms with Gasteiger partial charge in [-0.3, -0.25) is 9.36 Å². The fourth-order valence-corrected chi connectivity index (χ4v) is 3.98. The van der Waals surface area contributed by atoms with Gasteiger partial charge in [0, 0.05) is 37.2 Å². The Labute approximate surface area is 145 Å². The van der Waals surface area contributed by atoms with E-state index in [9.17, 15) is 9.18 Å². The van der Waals surface area contributed by atoms with Gasteiger partial charge in [0.2, 0.25) is 5.91 Å². The van der Waals surface area contributed by atoms with Crippen molar-refractivity contribution in [2.75, 3.05) is 6.54 Å². The summed E-state index contributed by atoms with van der Waals surface area (Å²) in [7, 11) is 0. The molecule has 1 aromatic carbocycles. The van der Waals surface area contributed by atoms with Crippen LogP contribution in [0.2, 0.25) is 0 Å². The van der Waals surface area contributed by atoms with E-state index < -0.39 is 0 Å². The van der Waals surface area contributed by atoms with Crippen molar-refractivity contribution in [2.45, 2.75) is 25.8 Å². The van der Waals surface area contributed by atoms with Crippen LogP contribution in [0.25, 0.3) is 0 Å². The molecule has 116 valence electrons. The van der Waals surface area contributed by atoms with Crippen molar-refractivity contribution in [1.82, 2.24) is 9.88 Å². The molecule has 0 aliphatic carbocycles. The third-order valence-electron chi connectivity index (χ3n) is 3.92. The summed E-state index contributed by atoms with van der Waals surface area (Å²) in [5, 5.41) is 3.30. The summed E-state index contributed by atoms with van der Waals surface area (Å²) in [6, 6.07) is 6.60. The van der Waals surface area contributed by atoms with E-state index in [1.807, 2.05) is 0 Å². The minimum absolute atomic E-state index is 0.0148. The molecule has 3 nitrogen and oxygen atoms in total. The molecular formula is C16H15Br2FN2O. The molecule has 1 aliphatic rings. The van der Waals surface area contributed by atoms with Crippen LogP contribution >= 0.6 is 31.9 Å². The van der Waals surface area contributed by atoms with Gasteiger partial charge in [-0.2, -0.15) is 0 Å². The molecule has 2 aromatic rings. The van der Waals surface area contributed by atoms with Gasteiger partial charge in [0.15, 0.2) is 0 Å². The number of nitrogens with one attached hydrogen (secondary N) is 1. The predicted molar refractivity (Wildman–Crippen MR) is 90.6 cm³/mol. The first-order valence-electron chi connectivity index (χ1n) is 7.14. The highest BCUT2D eigenvalue weighted by atomic mass is 79.9. The Morgan fingerprint density at radius 3 is 2.86 bits per heavy atom. The molecule has 1 aromatic heterocycles. The molecule has 0 unspecified atom stereocenters. The number of hydrogen-bond donors (Lipinski definition) is 1.